The summed E-state index contributed by atoms with van der Waals surface area (Å²) >= 11 is 0. The van der Waals surface area contributed by atoms with Gasteiger partial charge in [0.15, 0.2) is 11.5 Å². The minimum absolute atomic E-state index is 0.220. The predicted octanol–water partition coefficient (Wildman–Crippen LogP) is 4.56. The molecule has 2 N–H and O–H groups in total. The molecule has 0 spiro atoms. The van der Waals surface area contributed by atoms with Gasteiger partial charge in [-0.15, -0.1) is 0 Å². The average molecular weight is 416 g/mol. The average Bonchev–Trinajstić information content (AvgIpc) is 2.84. The number of carbonyl (C=O) groups is 1. The predicted molar refractivity (Wildman–Crippen MR) is 122 cm³/mol. The highest BCUT2D eigenvalue weighted by atomic mass is 16.2. The van der Waals surface area contributed by atoms with Crippen molar-refractivity contribution in [1.29, 1.82) is 0 Å². The van der Waals surface area contributed by atoms with E-state index >= 15 is 0 Å². The van der Waals surface area contributed by atoms with E-state index in [0.29, 0.717) is 23.2 Å². The van der Waals surface area contributed by atoms with Gasteiger partial charge in [-0.1, -0.05) is 49.6 Å². The minimum atomic E-state index is 0.220. The first-order valence-corrected chi connectivity index (χ1v) is 11.5. The number of rotatable bonds is 3. The number of anilines is 1. The van der Waals surface area contributed by atoms with Gasteiger partial charge in [-0.3, -0.25) is 4.79 Å². The normalized spacial score (nSPS) is 20.1. The van der Waals surface area contributed by atoms with E-state index in [0.717, 1.165) is 55.4 Å². The summed E-state index contributed by atoms with van der Waals surface area (Å²) in [6.07, 6.45) is 7.79. The van der Waals surface area contributed by atoms with Crippen molar-refractivity contribution in [3.63, 3.8) is 0 Å². The number of hydrogen-bond donors (Lipinski definition) is 1. The Hall–Kier alpha value is -3.02. The zero-order valence-electron chi connectivity index (χ0n) is 17.8. The first-order valence-electron chi connectivity index (χ1n) is 11.5. The third-order valence-corrected chi connectivity index (χ3v) is 6.75. The number of fused-ring (bicyclic) bond motifs is 1. The molecular formula is C25H29N5O. The van der Waals surface area contributed by atoms with Gasteiger partial charge in [0.2, 0.25) is 5.91 Å². The number of hydrogen-bond acceptors (Lipinski definition) is 5. The summed E-state index contributed by atoms with van der Waals surface area (Å²) < 4.78 is 0. The molecule has 1 saturated heterocycles. The van der Waals surface area contributed by atoms with Crippen LogP contribution in [0, 0.1) is 5.92 Å². The largest absolute Gasteiger partial charge is 0.383 e. The van der Waals surface area contributed by atoms with Crippen LogP contribution in [0.5, 0.6) is 0 Å². The van der Waals surface area contributed by atoms with Crippen molar-refractivity contribution in [2.45, 2.75) is 50.9 Å². The molecule has 6 nitrogen and oxygen atoms in total. The van der Waals surface area contributed by atoms with Gasteiger partial charge in [0.05, 0.1) is 5.39 Å². The monoisotopic (exact) mass is 415 g/mol. The number of aromatic nitrogens is 3. The van der Waals surface area contributed by atoms with Gasteiger partial charge in [0, 0.05) is 36.2 Å². The summed E-state index contributed by atoms with van der Waals surface area (Å²) in [7, 11) is 0. The zero-order valence-corrected chi connectivity index (χ0v) is 17.8. The summed E-state index contributed by atoms with van der Waals surface area (Å²) in [6.45, 7) is 1.62. The van der Waals surface area contributed by atoms with E-state index in [1.54, 1.807) is 0 Å². The summed E-state index contributed by atoms with van der Waals surface area (Å²) in [5, 5.41) is 0.773. The molecule has 0 radical (unpaired) electrons. The van der Waals surface area contributed by atoms with Crippen molar-refractivity contribution < 1.29 is 4.79 Å². The van der Waals surface area contributed by atoms with E-state index < -0.39 is 0 Å². The smallest absolute Gasteiger partial charge is 0.225 e. The first-order chi connectivity index (χ1) is 15.2. The van der Waals surface area contributed by atoms with Crippen LogP contribution >= 0.6 is 0 Å². The molecule has 6 heteroatoms. The molecule has 1 aliphatic carbocycles. The third kappa shape index (κ3) is 4.11. The number of piperidine rings is 1. The van der Waals surface area contributed by atoms with Gasteiger partial charge in [-0.05, 0) is 37.8 Å². The number of carbonyl (C=O) groups excluding carboxylic acids is 1. The number of benzene rings is 1. The van der Waals surface area contributed by atoms with Gasteiger partial charge < -0.3 is 10.6 Å². The lowest BCUT2D eigenvalue weighted by Crippen LogP contribution is -2.43. The molecule has 2 fully saturated rings. The molecule has 2 aromatic heterocycles. The first kappa shape index (κ1) is 19.9. The van der Waals surface area contributed by atoms with E-state index in [2.05, 4.69) is 9.88 Å². The lowest BCUT2D eigenvalue weighted by atomic mass is 9.86. The molecule has 2 aliphatic rings. The lowest BCUT2D eigenvalue weighted by Gasteiger charge is -2.35. The summed E-state index contributed by atoms with van der Waals surface area (Å²) in [5.41, 5.74) is 8.76. The number of nitrogens with two attached hydrogens (primary N) is 1. The van der Waals surface area contributed by atoms with Crippen LogP contribution in [0.2, 0.25) is 0 Å². The fraction of sp³-hybridized carbons (Fsp3) is 0.440. The SMILES string of the molecule is Nc1nc(-c2ccccc2)nc2nc([C@H]3CCCN(C(=O)C4CCCCC4)C3)ccc12. The summed E-state index contributed by atoms with van der Waals surface area (Å²) in [6, 6.07) is 13.8. The maximum atomic E-state index is 13.1. The number of pyridine rings is 1. The lowest BCUT2D eigenvalue weighted by molar-refractivity contribution is -0.137. The van der Waals surface area contributed by atoms with Gasteiger partial charge >= 0.3 is 0 Å². The summed E-state index contributed by atoms with van der Waals surface area (Å²) in [5.74, 6) is 1.84. The van der Waals surface area contributed by atoms with Gasteiger partial charge in [-0.2, -0.15) is 0 Å². The molecule has 1 aromatic carbocycles. The molecule has 160 valence electrons. The second-order valence-electron chi connectivity index (χ2n) is 8.86. The molecule has 0 bridgehead atoms. The van der Waals surface area contributed by atoms with Crippen LogP contribution in [-0.4, -0.2) is 38.8 Å². The highest BCUT2D eigenvalue weighted by molar-refractivity contribution is 5.87. The van der Waals surface area contributed by atoms with Crippen LogP contribution in [0.3, 0.4) is 0 Å². The molecule has 1 saturated carbocycles. The Kier molecular flexibility index (Phi) is 5.53. The maximum absolute atomic E-state index is 13.1. The van der Waals surface area contributed by atoms with Gasteiger partial charge in [0.1, 0.15) is 5.82 Å². The van der Waals surface area contributed by atoms with Crippen molar-refractivity contribution >= 4 is 22.8 Å². The Bertz CT molecular complexity index is 1080. The van der Waals surface area contributed by atoms with Crippen molar-refractivity contribution in [2.75, 3.05) is 18.8 Å². The molecule has 3 aromatic rings. The zero-order chi connectivity index (χ0) is 21.2. The van der Waals surface area contributed by atoms with Crippen LogP contribution < -0.4 is 5.73 Å². The van der Waals surface area contributed by atoms with Crippen LogP contribution in [-0.2, 0) is 4.79 Å². The van der Waals surface area contributed by atoms with Crippen LogP contribution in [0.1, 0.15) is 56.6 Å². The Labute approximate surface area is 182 Å². The second-order valence-corrected chi connectivity index (χ2v) is 8.86. The van der Waals surface area contributed by atoms with Crippen LogP contribution in [0.25, 0.3) is 22.4 Å². The number of nitrogen functional groups attached to an aromatic ring is 1. The van der Waals surface area contributed by atoms with Crippen LogP contribution in [0.4, 0.5) is 5.82 Å². The van der Waals surface area contributed by atoms with E-state index in [1.165, 1.54) is 19.3 Å². The third-order valence-electron chi connectivity index (χ3n) is 6.75. The second kappa shape index (κ2) is 8.61. The van der Waals surface area contributed by atoms with E-state index in [-0.39, 0.29) is 11.8 Å². The Balaban J connectivity index is 1.41. The fourth-order valence-corrected chi connectivity index (χ4v) is 5.02. The Morgan fingerprint density at radius 1 is 0.903 bits per heavy atom. The Morgan fingerprint density at radius 2 is 1.71 bits per heavy atom. The molecule has 0 unspecified atom stereocenters. The highest BCUT2D eigenvalue weighted by Crippen LogP contribution is 2.31. The molecule has 5 rings (SSSR count). The molecular weight excluding hydrogens is 386 g/mol. The molecule has 1 atom stereocenters. The molecule has 1 aliphatic heterocycles. The molecule has 1 amide bonds. The molecule has 3 heterocycles. The van der Waals surface area contributed by atoms with Crippen molar-refractivity contribution in [3.8, 4) is 11.4 Å². The van der Waals surface area contributed by atoms with E-state index in [1.807, 2.05) is 42.5 Å². The number of amides is 1. The van der Waals surface area contributed by atoms with Crippen molar-refractivity contribution in [1.82, 2.24) is 19.9 Å². The van der Waals surface area contributed by atoms with Crippen molar-refractivity contribution in [2.24, 2.45) is 5.92 Å². The van der Waals surface area contributed by atoms with E-state index in [4.69, 9.17) is 15.7 Å². The van der Waals surface area contributed by atoms with Gasteiger partial charge in [0.25, 0.3) is 0 Å². The standard InChI is InChI=1S/C25H29N5O/c26-22-20-13-14-21(27-24(20)29-23(28-22)17-8-3-1-4-9-17)19-12-7-15-30(16-19)25(31)18-10-5-2-6-11-18/h1,3-4,8-9,13-14,18-19H,2,5-7,10-12,15-16H2,(H2,26,27,28,29)/t19-/m0/s1. The highest BCUT2D eigenvalue weighted by Gasteiger charge is 2.30. The fourth-order valence-electron chi connectivity index (χ4n) is 5.02. The summed E-state index contributed by atoms with van der Waals surface area (Å²) in [4.78, 5) is 29.2. The quantitative estimate of drug-likeness (QED) is 0.678. The Morgan fingerprint density at radius 3 is 2.52 bits per heavy atom. The topological polar surface area (TPSA) is 85.0 Å². The number of likely N-dealkylation sites (tertiary alicyclic amines) is 1. The van der Waals surface area contributed by atoms with Crippen molar-refractivity contribution in [3.05, 3.63) is 48.2 Å². The maximum Gasteiger partial charge on any atom is 0.225 e. The number of nitrogens with zero attached hydrogens (tertiary/aromatic N) is 4. The minimum Gasteiger partial charge on any atom is -0.383 e. The van der Waals surface area contributed by atoms with Gasteiger partial charge in [-0.25, -0.2) is 15.0 Å². The van der Waals surface area contributed by atoms with Crippen LogP contribution in [0.15, 0.2) is 42.5 Å². The molecule has 31 heavy (non-hydrogen) atoms. The van der Waals surface area contributed by atoms with E-state index in [9.17, 15) is 4.79 Å².